The van der Waals surface area contributed by atoms with Crippen LogP contribution in [0.3, 0.4) is 0 Å². The number of hydrogen-bond donors (Lipinski definition) is 1. The van der Waals surface area contributed by atoms with Crippen molar-refractivity contribution in [2.75, 3.05) is 24.5 Å². The summed E-state index contributed by atoms with van der Waals surface area (Å²) in [6.07, 6.45) is -2.15. The molecular weight excluding hydrogens is 336 g/mol. The Balaban J connectivity index is 1.72. The molecule has 0 saturated carbocycles. The maximum absolute atomic E-state index is 13.4. The lowest BCUT2D eigenvalue weighted by Gasteiger charge is -2.22. The SMILES string of the molecule is Cc1nc(N2CCCC(NCC(F)(F)F)CC2)nc2ccc(F)cc12. The summed E-state index contributed by atoms with van der Waals surface area (Å²) in [6.45, 7) is 2.12. The third-order valence-electron chi connectivity index (χ3n) is 4.44. The molecule has 1 aliphatic rings. The topological polar surface area (TPSA) is 41.1 Å². The number of nitrogens with zero attached hydrogens (tertiary/aromatic N) is 3. The minimum atomic E-state index is -4.19. The molecule has 1 atom stereocenters. The Labute approximate surface area is 143 Å². The highest BCUT2D eigenvalue weighted by atomic mass is 19.4. The first-order valence-electron chi connectivity index (χ1n) is 8.31. The van der Waals surface area contributed by atoms with Gasteiger partial charge in [-0.3, -0.25) is 0 Å². The lowest BCUT2D eigenvalue weighted by atomic mass is 10.1. The molecule has 2 aromatic rings. The van der Waals surface area contributed by atoms with E-state index in [4.69, 9.17) is 0 Å². The molecular formula is C17H20F4N4. The van der Waals surface area contributed by atoms with Crippen molar-refractivity contribution in [3.05, 3.63) is 29.7 Å². The van der Waals surface area contributed by atoms with Crippen molar-refractivity contribution >= 4 is 16.9 Å². The van der Waals surface area contributed by atoms with Gasteiger partial charge in [0, 0.05) is 24.5 Å². The van der Waals surface area contributed by atoms with Crippen molar-refractivity contribution in [1.29, 1.82) is 0 Å². The standard InChI is InChI=1S/C17H20F4N4/c1-11-14-9-12(18)4-5-15(14)24-16(23-11)25-7-2-3-13(6-8-25)22-10-17(19,20)21/h4-5,9,13,22H,2-3,6-8,10H2,1H3. The average Bonchev–Trinajstić information content (AvgIpc) is 2.78. The van der Waals surface area contributed by atoms with Crippen LogP contribution < -0.4 is 10.2 Å². The summed E-state index contributed by atoms with van der Waals surface area (Å²) in [5.74, 6) is 0.216. The molecule has 4 nitrogen and oxygen atoms in total. The van der Waals surface area contributed by atoms with Gasteiger partial charge in [-0.2, -0.15) is 13.2 Å². The molecule has 136 valence electrons. The Morgan fingerprint density at radius 2 is 2.00 bits per heavy atom. The molecule has 1 aromatic heterocycles. The molecule has 0 aliphatic carbocycles. The number of aromatic nitrogens is 2. The lowest BCUT2D eigenvalue weighted by Crippen LogP contribution is -2.37. The molecule has 1 unspecified atom stereocenters. The second-order valence-electron chi connectivity index (χ2n) is 6.38. The number of rotatable bonds is 3. The molecule has 1 aromatic carbocycles. The molecule has 0 amide bonds. The fraction of sp³-hybridized carbons (Fsp3) is 0.529. The number of nitrogens with one attached hydrogen (secondary N) is 1. The van der Waals surface area contributed by atoms with Crippen molar-refractivity contribution < 1.29 is 17.6 Å². The predicted molar refractivity (Wildman–Crippen MR) is 88.1 cm³/mol. The molecule has 1 N–H and O–H groups in total. The van der Waals surface area contributed by atoms with Crippen LogP contribution in [0, 0.1) is 12.7 Å². The zero-order chi connectivity index (χ0) is 18.0. The van der Waals surface area contributed by atoms with Crippen molar-refractivity contribution in [1.82, 2.24) is 15.3 Å². The van der Waals surface area contributed by atoms with Gasteiger partial charge in [0.15, 0.2) is 0 Å². The van der Waals surface area contributed by atoms with E-state index in [9.17, 15) is 17.6 Å². The molecule has 0 spiro atoms. The van der Waals surface area contributed by atoms with Crippen LogP contribution in [0.4, 0.5) is 23.5 Å². The van der Waals surface area contributed by atoms with Gasteiger partial charge in [0.25, 0.3) is 0 Å². The Morgan fingerprint density at radius 1 is 1.20 bits per heavy atom. The van der Waals surface area contributed by atoms with E-state index in [0.29, 0.717) is 48.5 Å². The van der Waals surface area contributed by atoms with Crippen LogP contribution in [0.2, 0.25) is 0 Å². The monoisotopic (exact) mass is 356 g/mol. The smallest absolute Gasteiger partial charge is 0.341 e. The molecule has 0 radical (unpaired) electrons. The Hall–Kier alpha value is -1.96. The Morgan fingerprint density at radius 3 is 2.76 bits per heavy atom. The van der Waals surface area contributed by atoms with E-state index in [-0.39, 0.29) is 11.9 Å². The van der Waals surface area contributed by atoms with E-state index in [1.165, 1.54) is 12.1 Å². The maximum Gasteiger partial charge on any atom is 0.401 e. The van der Waals surface area contributed by atoms with Crippen LogP contribution >= 0.6 is 0 Å². The average molecular weight is 356 g/mol. The van der Waals surface area contributed by atoms with E-state index in [2.05, 4.69) is 15.3 Å². The number of anilines is 1. The van der Waals surface area contributed by atoms with Gasteiger partial charge in [0.2, 0.25) is 5.95 Å². The van der Waals surface area contributed by atoms with Crippen molar-refractivity contribution in [3.63, 3.8) is 0 Å². The summed E-state index contributed by atoms with van der Waals surface area (Å²) in [5, 5.41) is 3.26. The molecule has 1 saturated heterocycles. The molecule has 2 heterocycles. The number of hydrogen-bond acceptors (Lipinski definition) is 4. The van der Waals surface area contributed by atoms with Crippen molar-refractivity contribution in [2.45, 2.75) is 38.4 Å². The first-order chi connectivity index (χ1) is 11.8. The highest BCUT2D eigenvalue weighted by Gasteiger charge is 2.29. The van der Waals surface area contributed by atoms with Crippen LogP contribution in [0.25, 0.3) is 10.9 Å². The number of fused-ring (bicyclic) bond motifs is 1. The van der Waals surface area contributed by atoms with E-state index < -0.39 is 12.7 Å². The molecule has 0 bridgehead atoms. The normalized spacial score (nSPS) is 19.2. The van der Waals surface area contributed by atoms with Crippen LogP contribution in [0.1, 0.15) is 25.0 Å². The summed E-state index contributed by atoms with van der Waals surface area (Å²) in [5.41, 5.74) is 1.36. The van der Waals surface area contributed by atoms with Crippen molar-refractivity contribution in [3.8, 4) is 0 Å². The zero-order valence-electron chi connectivity index (χ0n) is 13.9. The van der Waals surface area contributed by atoms with E-state index in [1.807, 2.05) is 4.90 Å². The van der Waals surface area contributed by atoms with Gasteiger partial charge in [-0.1, -0.05) is 0 Å². The van der Waals surface area contributed by atoms with Gasteiger partial charge >= 0.3 is 6.18 Å². The van der Waals surface area contributed by atoms with Crippen molar-refractivity contribution in [2.24, 2.45) is 0 Å². The second kappa shape index (κ2) is 7.11. The number of halogens is 4. The number of aryl methyl sites for hydroxylation is 1. The molecule has 3 rings (SSSR count). The molecule has 8 heteroatoms. The fourth-order valence-electron chi connectivity index (χ4n) is 3.14. The summed E-state index contributed by atoms with van der Waals surface area (Å²) < 4.78 is 50.4. The van der Waals surface area contributed by atoms with Crippen LogP contribution in [0.5, 0.6) is 0 Å². The highest BCUT2D eigenvalue weighted by Crippen LogP contribution is 2.23. The van der Waals surface area contributed by atoms with E-state index in [0.717, 1.165) is 6.42 Å². The minimum Gasteiger partial charge on any atom is -0.341 e. The molecule has 1 fully saturated rings. The third kappa shape index (κ3) is 4.56. The fourth-order valence-corrected chi connectivity index (χ4v) is 3.14. The first kappa shape index (κ1) is 17.8. The predicted octanol–water partition coefficient (Wildman–Crippen LogP) is 3.59. The molecule has 1 aliphatic heterocycles. The Bertz CT molecular complexity index is 747. The zero-order valence-corrected chi connectivity index (χ0v) is 13.9. The van der Waals surface area contributed by atoms with Crippen LogP contribution in [-0.2, 0) is 0 Å². The summed E-state index contributed by atoms with van der Waals surface area (Å²) in [7, 11) is 0. The number of alkyl halides is 3. The third-order valence-corrected chi connectivity index (χ3v) is 4.44. The van der Waals surface area contributed by atoms with Gasteiger partial charge in [-0.05, 0) is 44.4 Å². The van der Waals surface area contributed by atoms with Gasteiger partial charge in [0.1, 0.15) is 5.82 Å². The summed E-state index contributed by atoms with van der Waals surface area (Å²) in [6, 6.07) is 4.22. The second-order valence-corrected chi connectivity index (χ2v) is 6.38. The quantitative estimate of drug-likeness (QED) is 0.854. The van der Waals surface area contributed by atoms with Crippen LogP contribution in [-0.4, -0.2) is 41.8 Å². The van der Waals surface area contributed by atoms with Gasteiger partial charge in [0.05, 0.1) is 17.8 Å². The Kier molecular flexibility index (Phi) is 5.08. The van der Waals surface area contributed by atoms with Crippen LogP contribution in [0.15, 0.2) is 18.2 Å². The molecule has 25 heavy (non-hydrogen) atoms. The van der Waals surface area contributed by atoms with Gasteiger partial charge in [-0.25, -0.2) is 14.4 Å². The maximum atomic E-state index is 13.4. The van der Waals surface area contributed by atoms with E-state index >= 15 is 0 Å². The van der Waals surface area contributed by atoms with Gasteiger partial charge < -0.3 is 10.2 Å². The number of benzene rings is 1. The van der Waals surface area contributed by atoms with Gasteiger partial charge in [-0.15, -0.1) is 0 Å². The lowest BCUT2D eigenvalue weighted by molar-refractivity contribution is -0.126. The summed E-state index contributed by atoms with van der Waals surface area (Å²) >= 11 is 0. The summed E-state index contributed by atoms with van der Waals surface area (Å²) in [4.78, 5) is 11.0. The first-order valence-corrected chi connectivity index (χ1v) is 8.31. The largest absolute Gasteiger partial charge is 0.401 e. The minimum absolute atomic E-state index is 0.165. The van der Waals surface area contributed by atoms with E-state index in [1.54, 1.807) is 13.0 Å². The highest BCUT2D eigenvalue weighted by molar-refractivity contribution is 5.81.